The van der Waals surface area contributed by atoms with E-state index >= 15 is 0 Å². The zero-order chi connectivity index (χ0) is 19.1. The lowest BCUT2D eigenvalue weighted by atomic mass is 10.1. The van der Waals surface area contributed by atoms with Gasteiger partial charge in [0, 0.05) is 19.2 Å². The molecule has 0 saturated carbocycles. The number of aromatic nitrogens is 2. The van der Waals surface area contributed by atoms with Gasteiger partial charge in [0.25, 0.3) is 17.4 Å². The summed E-state index contributed by atoms with van der Waals surface area (Å²) < 4.78 is 5.63. The van der Waals surface area contributed by atoms with Gasteiger partial charge in [-0.25, -0.2) is 5.10 Å². The standard InChI is InChI=1S/C18H22N4O4/c1-11-4-5-12(2)17(13(11)3)26-10-16(24)19-8-9-20-18(25)14-6-7-15(23)22-21-14/h4-7H,8-10H2,1-3H3,(H,19,24)(H,20,25)(H,22,23). The number of carbonyl (C=O) groups is 2. The van der Waals surface area contributed by atoms with Gasteiger partial charge in [-0.05, 0) is 43.5 Å². The minimum atomic E-state index is -0.433. The van der Waals surface area contributed by atoms with Crippen molar-refractivity contribution in [2.24, 2.45) is 0 Å². The van der Waals surface area contributed by atoms with E-state index in [1.54, 1.807) is 0 Å². The van der Waals surface area contributed by atoms with Crippen LogP contribution < -0.4 is 20.9 Å². The van der Waals surface area contributed by atoms with Gasteiger partial charge in [-0.15, -0.1) is 0 Å². The SMILES string of the molecule is Cc1ccc(C)c(OCC(=O)NCCNC(=O)c2ccc(=O)[nH]n2)c1C. The maximum Gasteiger partial charge on any atom is 0.271 e. The number of nitrogens with one attached hydrogen (secondary N) is 3. The molecule has 1 heterocycles. The molecule has 0 aliphatic heterocycles. The largest absolute Gasteiger partial charge is 0.483 e. The molecule has 0 aliphatic rings. The van der Waals surface area contributed by atoms with Crippen LogP contribution in [0.3, 0.4) is 0 Å². The second-order valence-electron chi connectivity index (χ2n) is 5.85. The van der Waals surface area contributed by atoms with E-state index in [2.05, 4.69) is 20.8 Å². The van der Waals surface area contributed by atoms with E-state index < -0.39 is 5.91 Å². The fourth-order valence-electron chi connectivity index (χ4n) is 2.28. The third kappa shape index (κ3) is 5.17. The van der Waals surface area contributed by atoms with E-state index in [4.69, 9.17) is 4.74 Å². The second kappa shape index (κ2) is 8.80. The molecule has 1 aromatic heterocycles. The number of hydrogen-bond donors (Lipinski definition) is 3. The molecular weight excluding hydrogens is 336 g/mol. The Labute approximate surface area is 151 Å². The number of amides is 2. The molecule has 138 valence electrons. The number of aromatic amines is 1. The molecule has 0 fully saturated rings. The van der Waals surface area contributed by atoms with Gasteiger partial charge in [-0.1, -0.05) is 12.1 Å². The molecule has 2 rings (SSSR count). The number of carbonyl (C=O) groups excluding carboxylic acids is 2. The van der Waals surface area contributed by atoms with Gasteiger partial charge >= 0.3 is 0 Å². The van der Waals surface area contributed by atoms with Gasteiger partial charge in [0.2, 0.25) is 0 Å². The first kappa shape index (κ1) is 19.2. The van der Waals surface area contributed by atoms with Gasteiger partial charge in [-0.3, -0.25) is 14.4 Å². The Morgan fingerprint density at radius 1 is 1.04 bits per heavy atom. The van der Waals surface area contributed by atoms with Crippen molar-refractivity contribution in [3.8, 4) is 5.75 Å². The maximum absolute atomic E-state index is 11.9. The van der Waals surface area contributed by atoms with Crippen LogP contribution in [0, 0.1) is 20.8 Å². The Balaban J connectivity index is 1.72. The smallest absolute Gasteiger partial charge is 0.271 e. The number of ether oxygens (including phenoxy) is 1. The number of H-pyrrole nitrogens is 1. The van der Waals surface area contributed by atoms with E-state index in [1.807, 2.05) is 32.9 Å². The van der Waals surface area contributed by atoms with Crippen LogP contribution in [-0.4, -0.2) is 41.7 Å². The molecule has 2 amide bonds. The Hall–Kier alpha value is -3.16. The summed E-state index contributed by atoms with van der Waals surface area (Å²) in [6.07, 6.45) is 0. The minimum Gasteiger partial charge on any atom is -0.483 e. The van der Waals surface area contributed by atoms with Crippen molar-refractivity contribution in [2.75, 3.05) is 19.7 Å². The highest BCUT2D eigenvalue weighted by atomic mass is 16.5. The summed E-state index contributed by atoms with van der Waals surface area (Å²) in [5, 5.41) is 11.1. The summed E-state index contributed by atoms with van der Waals surface area (Å²) >= 11 is 0. The van der Waals surface area contributed by atoms with Crippen molar-refractivity contribution < 1.29 is 14.3 Å². The number of hydrogen-bond acceptors (Lipinski definition) is 5. The topological polar surface area (TPSA) is 113 Å². The summed E-state index contributed by atoms with van der Waals surface area (Å²) in [6, 6.07) is 6.51. The average Bonchev–Trinajstić information content (AvgIpc) is 2.62. The van der Waals surface area contributed by atoms with Gasteiger partial charge in [0.1, 0.15) is 11.4 Å². The van der Waals surface area contributed by atoms with Crippen molar-refractivity contribution in [2.45, 2.75) is 20.8 Å². The second-order valence-corrected chi connectivity index (χ2v) is 5.85. The number of nitrogens with zero attached hydrogens (tertiary/aromatic N) is 1. The quantitative estimate of drug-likeness (QED) is 0.628. The summed E-state index contributed by atoms with van der Waals surface area (Å²) in [5.41, 5.74) is 2.81. The van der Waals surface area contributed by atoms with Crippen LogP contribution in [0.1, 0.15) is 27.2 Å². The first-order valence-corrected chi connectivity index (χ1v) is 8.18. The molecule has 1 aromatic carbocycles. The number of rotatable bonds is 7. The molecule has 0 spiro atoms. The molecule has 0 aliphatic carbocycles. The summed E-state index contributed by atoms with van der Waals surface area (Å²) in [5.74, 6) is 0.0112. The van der Waals surface area contributed by atoms with Crippen LogP contribution in [0.5, 0.6) is 5.75 Å². The molecule has 0 unspecified atom stereocenters. The van der Waals surface area contributed by atoms with E-state index in [-0.39, 0.29) is 36.9 Å². The molecule has 0 atom stereocenters. The molecule has 0 bridgehead atoms. The summed E-state index contributed by atoms with van der Waals surface area (Å²) in [4.78, 5) is 34.6. The van der Waals surface area contributed by atoms with E-state index in [9.17, 15) is 14.4 Å². The maximum atomic E-state index is 11.9. The molecule has 8 nitrogen and oxygen atoms in total. The van der Waals surface area contributed by atoms with Crippen LogP contribution in [-0.2, 0) is 4.79 Å². The lowest BCUT2D eigenvalue weighted by molar-refractivity contribution is -0.123. The van der Waals surface area contributed by atoms with Crippen molar-refractivity contribution in [1.29, 1.82) is 0 Å². The van der Waals surface area contributed by atoms with E-state index in [0.717, 1.165) is 22.4 Å². The zero-order valence-electron chi connectivity index (χ0n) is 15.0. The minimum absolute atomic E-state index is 0.0967. The van der Waals surface area contributed by atoms with Gasteiger partial charge in [0.05, 0.1) is 0 Å². The van der Waals surface area contributed by atoms with E-state index in [0.29, 0.717) is 0 Å². The predicted octanol–water partition coefficient (Wildman–Crippen LogP) is 0.620. The van der Waals surface area contributed by atoms with Crippen LogP contribution in [0.2, 0.25) is 0 Å². The highest BCUT2D eigenvalue weighted by Gasteiger charge is 2.10. The third-order valence-electron chi connectivity index (χ3n) is 3.87. The van der Waals surface area contributed by atoms with Gasteiger partial charge in [-0.2, -0.15) is 5.10 Å². The molecule has 26 heavy (non-hydrogen) atoms. The number of benzene rings is 1. The first-order chi connectivity index (χ1) is 12.4. The molecule has 2 aromatic rings. The zero-order valence-corrected chi connectivity index (χ0v) is 15.0. The highest BCUT2D eigenvalue weighted by molar-refractivity contribution is 5.92. The Kier molecular flexibility index (Phi) is 6.48. The monoisotopic (exact) mass is 358 g/mol. The van der Waals surface area contributed by atoms with Gasteiger partial charge in [0.15, 0.2) is 6.61 Å². The fourth-order valence-corrected chi connectivity index (χ4v) is 2.28. The Bertz CT molecular complexity index is 840. The van der Waals surface area contributed by atoms with Crippen molar-refractivity contribution in [1.82, 2.24) is 20.8 Å². The molecular formula is C18H22N4O4. The lowest BCUT2D eigenvalue weighted by Crippen LogP contribution is -2.37. The predicted molar refractivity (Wildman–Crippen MR) is 96.3 cm³/mol. The van der Waals surface area contributed by atoms with Crippen LogP contribution in [0.25, 0.3) is 0 Å². The van der Waals surface area contributed by atoms with Gasteiger partial charge < -0.3 is 15.4 Å². The van der Waals surface area contributed by atoms with Crippen molar-refractivity contribution in [3.63, 3.8) is 0 Å². The molecule has 0 saturated heterocycles. The van der Waals surface area contributed by atoms with Crippen LogP contribution in [0.4, 0.5) is 0 Å². The third-order valence-corrected chi connectivity index (χ3v) is 3.87. The van der Waals surface area contributed by atoms with E-state index in [1.165, 1.54) is 12.1 Å². The fraction of sp³-hybridized carbons (Fsp3) is 0.333. The number of aryl methyl sites for hydroxylation is 2. The van der Waals surface area contributed by atoms with Crippen molar-refractivity contribution in [3.05, 3.63) is 57.0 Å². The Morgan fingerprint density at radius 3 is 2.42 bits per heavy atom. The van der Waals surface area contributed by atoms with Crippen molar-refractivity contribution >= 4 is 11.8 Å². The summed E-state index contributed by atoms with van der Waals surface area (Å²) in [6.45, 7) is 6.26. The normalized spacial score (nSPS) is 10.3. The molecule has 8 heteroatoms. The van der Waals surface area contributed by atoms with Crippen LogP contribution in [0.15, 0.2) is 29.1 Å². The lowest BCUT2D eigenvalue weighted by Gasteiger charge is -2.14. The highest BCUT2D eigenvalue weighted by Crippen LogP contribution is 2.25. The average molecular weight is 358 g/mol. The van der Waals surface area contributed by atoms with Crippen LogP contribution >= 0.6 is 0 Å². The molecule has 3 N–H and O–H groups in total. The molecule has 0 radical (unpaired) electrons. The Morgan fingerprint density at radius 2 is 1.73 bits per heavy atom. The first-order valence-electron chi connectivity index (χ1n) is 8.18. The summed E-state index contributed by atoms with van der Waals surface area (Å²) in [7, 11) is 0.